The maximum absolute atomic E-state index is 5.90. The number of hydrogen-bond donors (Lipinski definition) is 0. The molecule has 4 fully saturated rings. The summed E-state index contributed by atoms with van der Waals surface area (Å²) in [5, 5.41) is 0. The molecular formula is C17H28O5. The number of ether oxygens (including phenoxy) is 5. The van der Waals surface area contributed by atoms with Crippen LogP contribution in [0, 0.1) is 17.3 Å². The zero-order valence-corrected chi connectivity index (χ0v) is 13.7. The molecule has 3 atom stereocenters. The molecule has 0 aromatic rings. The van der Waals surface area contributed by atoms with Crippen molar-refractivity contribution in [1.29, 1.82) is 0 Å². The van der Waals surface area contributed by atoms with E-state index >= 15 is 0 Å². The maximum Gasteiger partial charge on any atom is 0.412 e. The second-order valence-electron chi connectivity index (χ2n) is 7.45. The van der Waals surface area contributed by atoms with Gasteiger partial charge in [-0.1, -0.05) is 13.8 Å². The van der Waals surface area contributed by atoms with E-state index in [2.05, 4.69) is 13.8 Å². The lowest BCUT2D eigenvalue weighted by Gasteiger charge is -2.47. The molecule has 3 unspecified atom stereocenters. The molecule has 1 saturated carbocycles. The molecule has 3 saturated heterocycles. The highest BCUT2D eigenvalue weighted by Gasteiger charge is 2.51. The Balaban J connectivity index is 1.30. The van der Waals surface area contributed by atoms with E-state index in [0.29, 0.717) is 50.5 Å². The van der Waals surface area contributed by atoms with Gasteiger partial charge in [0.15, 0.2) is 0 Å². The third-order valence-electron chi connectivity index (χ3n) is 6.27. The van der Waals surface area contributed by atoms with Crippen LogP contribution in [-0.4, -0.2) is 44.8 Å². The van der Waals surface area contributed by atoms with Crippen molar-refractivity contribution in [3.8, 4) is 0 Å². The summed E-state index contributed by atoms with van der Waals surface area (Å²) in [4.78, 5) is 0. The molecule has 0 bridgehead atoms. The van der Waals surface area contributed by atoms with Gasteiger partial charge in [-0.3, -0.25) is 0 Å². The molecule has 0 N–H and O–H groups in total. The summed E-state index contributed by atoms with van der Waals surface area (Å²) in [5.41, 5.74) is 0.108. The van der Waals surface area contributed by atoms with E-state index in [4.69, 9.17) is 23.7 Å². The van der Waals surface area contributed by atoms with Crippen molar-refractivity contribution in [1.82, 2.24) is 0 Å². The summed E-state index contributed by atoms with van der Waals surface area (Å²) < 4.78 is 29.2. The third-order valence-corrected chi connectivity index (χ3v) is 6.27. The van der Waals surface area contributed by atoms with Crippen LogP contribution in [0.2, 0.25) is 0 Å². The molecule has 0 aromatic carbocycles. The van der Waals surface area contributed by atoms with Gasteiger partial charge in [-0.15, -0.1) is 0 Å². The number of epoxide rings is 1. The monoisotopic (exact) mass is 312 g/mol. The molecule has 1 spiro atoms. The molecule has 22 heavy (non-hydrogen) atoms. The molecule has 1 aliphatic carbocycles. The summed E-state index contributed by atoms with van der Waals surface area (Å²) >= 11 is 0. The van der Waals surface area contributed by atoms with Crippen molar-refractivity contribution in [2.45, 2.75) is 64.3 Å². The predicted molar refractivity (Wildman–Crippen MR) is 79.0 cm³/mol. The number of hydrogen-bond acceptors (Lipinski definition) is 5. The Kier molecular flexibility index (Phi) is 3.98. The van der Waals surface area contributed by atoms with Crippen molar-refractivity contribution in [3.05, 3.63) is 0 Å². The average molecular weight is 312 g/mol. The first-order chi connectivity index (χ1) is 10.7. The average Bonchev–Trinajstić information content (AvgIpc) is 3.35. The maximum atomic E-state index is 5.90. The normalized spacial score (nSPS) is 40.4. The molecule has 4 aliphatic rings. The van der Waals surface area contributed by atoms with Crippen LogP contribution in [0.1, 0.15) is 46.0 Å². The second kappa shape index (κ2) is 5.71. The van der Waals surface area contributed by atoms with Gasteiger partial charge in [0.2, 0.25) is 0 Å². The van der Waals surface area contributed by atoms with Gasteiger partial charge in [0, 0.05) is 11.3 Å². The lowest BCUT2D eigenvalue weighted by molar-refractivity contribution is -0.542. The Hall–Kier alpha value is -0.200. The molecular weight excluding hydrogens is 284 g/mol. The van der Waals surface area contributed by atoms with Crippen molar-refractivity contribution in [3.63, 3.8) is 0 Å². The lowest BCUT2D eigenvalue weighted by atomic mass is 9.80. The van der Waals surface area contributed by atoms with Gasteiger partial charge < -0.3 is 23.7 Å². The van der Waals surface area contributed by atoms with Crippen LogP contribution >= 0.6 is 0 Å². The SMILES string of the molecule is CCC1(CC)COC2(OCC(C3CCC4OC4C3)CO2)OC1. The second-order valence-corrected chi connectivity index (χ2v) is 7.45. The van der Waals surface area contributed by atoms with Crippen molar-refractivity contribution < 1.29 is 23.7 Å². The highest BCUT2D eigenvalue weighted by Crippen LogP contribution is 2.45. The van der Waals surface area contributed by atoms with Crippen molar-refractivity contribution in [2.24, 2.45) is 17.3 Å². The summed E-state index contributed by atoms with van der Waals surface area (Å²) in [5.74, 6) is 1.09. The van der Waals surface area contributed by atoms with Gasteiger partial charge in [0.25, 0.3) is 0 Å². The molecule has 4 rings (SSSR count). The fourth-order valence-electron chi connectivity index (χ4n) is 4.03. The van der Waals surface area contributed by atoms with E-state index in [0.717, 1.165) is 19.3 Å². The molecule has 3 aliphatic heterocycles. The Bertz CT molecular complexity index is 388. The predicted octanol–water partition coefficient (Wildman–Crippen LogP) is 2.68. The van der Waals surface area contributed by atoms with Gasteiger partial charge in [-0.25, -0.2) is 0 Å². The van der Waals surface area contributed by atoms with Crippen LogP contribution in [-0.2, 0) is 23.7 Å². The van der Waals surface area contributed by atoms with Gasteiger partial charge in [-0.2, -0.15) is 0 Å². The minimum Gasteiger partial charge on any atom is -0.370 e. The van der Waals surface area contributed by atoms with Crippen LogP contribution in [0.5, 0.6) is 0 Å². The van der Waals surface area contributed by atoms with Crippen LogP contribution in [0.3, 0.4) is 0 Å². The first kappa shape index (κ1) is 15.3. The Morgan fingerprint density at radius 3 is 2.09 bits per heavy atom. The first-order valence-electron chi connectivity index (χ1n) is 8.89. The van der Waals surface area contributed by atoms with E-state index in [1.54, 1.807) is 0 Å². The van der Waals surface area contributed by atoms with Gasteiger partial charge in [-0.05, 0) is 38.0 Å². The van der Waals surface area contributed by atoms with Crippen LogP contribution < -0.4 is 0 Å². The molecule has 0 radical (unpaired) electrons. The van der Waals surface area contributed by atoms with E-state index in [1.165, 1.54) is 12.8 Å². The third kappa shape index (κ3) is 2.71. The largest absolute Gasteiger partial charge is 0.412 e. The Morgan fingerprint density at radius 2 is 1.50 bits per heavy atom. The smallest absolute Gasteiger partial charge is 0.370 e. The van der Waals surface area contributed by atoms with E-state index in [9.17, 15) is 0 Å². The molecule has 3 heterocycles. The number of fused-ring (bicyclic) bond motifs is 1. The van der Waals surface area contributed by atoms with Crippen LogP contribution in [0.4, 0.5) is 0 Å². The summed E-state index contributed by atoms with van der Waals surface area (Å²) in [6, 6.07) is 0. The standard InChI is InChI=1S/C17H28O5/c1-3-16(4-2)10-20-17(21-11-16)18-8-13(9-19-17)12-5-6-14-15(7-12)22-14/h12-15H,3-11H2,1-2H3. The molecule has 5 nitrogen and oxygen atoms in total. The fraction of sp³-hybridized carbons (Fsp3) is 1.00. The van der Waals surface area contributed by atoms with E-state index < -0.39 is 6.16 Å². The van der Waals surface area contributed by atoms with E-state index in [1.807, 2.05) is 0 Å². The minimum absolute atomic E-state index is 0.108. The quantitative estimate of drug-likeness (QED) is 0.750. The molecule has 0 aromatic heterocycles. The highest BCUT2D eigenvalue weighted by molar-refractivity contribution is 4.94. The number of rotatable bonds is 3. The van der Waals surface area contributed by atoms with E-state index in [-0.39, 0.29) is 5.41 Å². The lowest BCUT2D eigenvalue weighted by Crippen LogP contribution is -2.56. The highest BCUT2D eigenvalue weighted by atomic mass is 17.0. The topological polar surface area (TPSA) is 49.5 Å². The molecule has 0 amide bonds. The summed E-state index contributed by atoms with van der Waals surface area (Å²) in [7, 11) is 0. The Morgan fingerprint density at radius 1 is 0.818 bits per heavy atom. The summed E-state index contributed by atoms with van der Waals surface area (Å²) in [6.07, 6.45) is 5.49. The van der Waals surface area contributed by atoms with Crippen LogP contribution in [0.25, 0.3) is 0 Å². The molecule has 126 valence electrons. The van der Waals surface area contributed by atoms with Gasteiger partial charge in [0.05, 0.1) is 38.6 Å². The molecule has 5 heteroatoms. The van der Waals surface area contributed by atoms with Crippen molar-refractivity contribution in [2.75, 3.05) is 26.4 Å². The fourth-order valence-corrected chi connectivity index (χ4v) is 4.03. The van der Waals surface area contributed by atoms with Gasteiger partial charge in [0.1, 0.15) is 0 Å². The van der Waals surface area contributed by atoms with Crippen LogP contribution in [0.15, 0.2) is 0 Å². The Labute approximate surface area is 132 Å². The minimum atomic E-state index is -1.24. The zero-order chi connectivity index (χ0) is 15.2. The summed E-state index contributed by atoms with van der Waals surface area (Å²) in [6.45, 7) is 6.98. The van der Waals surface area contributed by atoms with Gasteiger partial charge >= 0.3 is 6.16 Å². The first-order valence-corrected chi connectivity index (χ1v) is 8.89. The zero-order valence-electron chi connectivity index (χ0n) is 13.7. The van der Waals surface area contributed by atoms with Crippen molar-refractivity contribution >= 4 is 0 Å².